The van der Waals surface area contributed by atoms with E-state index in [9.17, 15) is 9.59 Å². The van der Waals surface area contributed by atoms with Crippen LogP contribution in [0.2, 0.25) is 0 Å². The molecular weight excluding hydrogens is 216 g/mol. The second-order valence-electron chi connectivity index (χ2n) is 2.88. The molecule has 0 amide bonds. The normalized spacial score (nSPS) is 11.6. The predicted molar refractivity (Wildman–Crippen MR) is 54.4 cm³/mol. The molecule has 0 aliphatic rings. The van der Waals surface area contributed by atoms with Gasteiger partial charge in [-0.25, -0.2) is 0 Å². The van der Waals surface area contributed by atoms with Crippen LogP contribution in [0.5, 0.6) is 0 Å². The summed E-state index contributed by atoms with van der Waals surface area (Å²) >= 11 is 0. The smallest absolute Gasteiger partial charge is 0.313 e. The van der Waals surface area contributed by atoms with E-state index < -0.39 is 17.9 Å². The van der Waals surface area contributed by atoms with Crippen LogP contribution in [0, 0.1) is 5.92 Å². The van der Waals surface area contributed by atoms with Crippen LogP contribution in [0.4, 0.5) is 0 Å². The van der Waals surface area contributed by atoms with Gasteiger partial charge in [0.05, 0.1) is 25.6 Å². The van der Waals surface area contributed by atoms with Crippen molar-refractivity contribution < 1.29 is 29.3 Å². The van der Waals surface area contributed by atoms with Crippen molar-refractivity contribution in [1.82, 2.24) is 0 Å². The molecule has 92 valence electrons. The lowest BCUT2D eigenvalue weighted by Crippen LogP contribution is -2.22. The van der Waals surface area contributed by atoms with E-state index in [1.165, 1.54) is 6.08 Å². The number of rotatable bonds is 8. The molecular formula is C10H16O6. The Hall–Kier alpha value is -1.40. The van der Waals surface area contributed by atoms with E-state index in [1.807, 2.05) is 0 Å². The third-order valence-corrected chi connectivity index (χ3v) is 1.66. The topological polar surface area (TPSA) is 93.1 Å². The van der Waals surface area contributed by atoms with Gasteiger partial charge in [-0.05, 0) is 0 Å². The molecule has 0 spiro atoms. The van der Waals surface area contributed by atoms with Crippen LogP contribution in [0.3, 0.4) is 0 Å². The molecule has 1 unspecified atom stereocenters. The Morgan fingerprint density at radius 1 is 1.19 bits per heavy atom. The number of hydrogen-bond donors (Lipinski definition) is 2. The first-order valence-electron chi connectivity index (χ1n) is 4.82. The molecule has 0 radical (unpaired) electrons. The van der Waals surface area contributed by atoms with Gasteiger partial charge in [-0.15, -0.1) is 6.58 Å². The maximum atomic E-state index is 11.3. The molecule has 0 saturated carbocycles. The Morgan fingerprint density at radius 2 is 1.75 bits per heavy atom. The lowest BCUT2D eigenvalue weighted by Gasteiger charge is -2.10. The SMILES string of the molecule is C=CC(CC(=O)OCCO)C(=O)OCCO. The van der Waals surface area contributed by atoms with Crippen molar-refractivity contribution in [2.45, 2.75) is 6.42 Å². The largest absolute Gasteiger partial charge is 0.463 e. The lowest BCUT2D eigenvalue weighted by molar-refractivity contribution is -0.154. The van der Waals surface area contributed by atoms with Crippen LogP contribution in [0.15, 0.2) is 12.7 Å². The van der Waals surface area contributed by atoms with Crippen LogP contribution in [0.25, 0.3) is 0 Å². The molecule has 1 atom stereocenters. The van der Waals surface area contributed by atoms with Crippen LogP contribution >= 0.6 is 0 Å². The predicted octanol–water partition coefficient (Wildman–Crippen LogP) is -0.750. The van der Waals surface area contributed by atoms with Gasteiger partial charge in [0.2, 0.25) is 0 Å². The summed E-state index contributed by atoms with van der Waals surface area (Å²) in [5.74, 6) is -2.04. The van der Waals surface area contributed by atoms with E-state index in [4.69, 9.17) is 10.2 Å². The number of hydrogen-bond acceptors (Lipinski definition) is 6. The molecule has 6 heteroatoms. The number of aliphatic hydroxyl groups excluding tert-OH is 2. The zero-order chi connectivity index (χ0) is 12.4. The van der Waals surface area contributed by atoms with Crippen LogP contribution in [0.1, 0.15) is 6.42 Å². The summed E-state index contributed by atoms with van der Waals surface area (Å²) in [5, 5.41) is 16.9. The Labute approximate surface area is 93.5 Å². The lowest BCUT2D eigenvalue weighted by atomic mass is 10.1. The zero-order valence-corrected chi connectivity index (χ0v) is 8.92. The quantitative estimate of drug-likeness (QED) is 0.422. The molecule has 0 fully saturated rings. The molecule has 0 aromatic rings. The fraction of sp³-hybridized carbons (Fsp3) is 0.600. The van der Waals surface area contributed by atoms with Gasteiger partial charge in [-0.1, -0.05) is 6.08 Å². The monoisotopic (exact) mass is 232 g/mol. The van der Waals surface area contributed by atoms with E-state index in [-0.39, 0.29) is 32.8 Å². The highest BCUT2D eigenvalue weighted by molar-refractivity contribution is 5.81. The molecule has 0 bridgehead atoms. The van der Waals surface area contributed by atoms with E-state index in [1.54, 1.807) is 0 Å². The average Bonchev–Trinajstić information content (AvgIpc) is 2.30. The van der Waals surface area contributed by atoms with Gasteiger partial charge in [0.1, 0.15) is 13.2 Å². The third kappa shape index (κ3) is 6.15. The molecule has 0 aliphatic heterocycles. The number of ether oxygens (including phenoxy) is 2. The standard InChI is InChI=1S/C10H16O6/c1-2-8(10(14)16-6-4-12)7-9(13)15-5-3-11/h2,8,11-12H,1,3-7H2. The summed E-state index contributed by atoms with van der Waals surface area (Å²) in [5.41, 5.74) is 0. The third-order valence-electron chi connectivity index (χ3n) is 1.66. The molecule has 16 heavy (non-hydrogen) atoms. The van der Waals surface area contributed by atoms with Crippen molar-refractivity contribution in [2.24, 2.45) is 5.92 Å². The summed E-state index contributed by atoms with van der Waals surface area (Å²) in [6.45, 7) is 2.65. The molecule has 0 rings (SSSR count). The van der Waals surface area contributed by atoms with Gasteiger partial charge in [-0.3, -0.25) is 9.59 Å². The number of carbonyl (C=O) groups excluding carboxylic acids is 2. The summed E-state index contributed by atoms with van der Waals surface area (Å²) in [6.07, 6.45) is 1.09. The summed E-state index contributed by atoms with van der Waals surface area (Å²) in [4.78, 5) is 22.4. The number of carbonyl (C=O) groups is 2. The first kappa shape index (κ1) is 14.6. The molecule has 0 saturated heterocycles. The van der Waals surface area contributed by atoms with E-state index in [0.717, 1.165) is 0 Å². The minimum absolute atomic E-state index is 0.103. The highest BCUT2D eigenvalue weighted by Gasteiger charge is 2.20. The first-order valence-corrected chi connectivity index (χ1v) is 4.82. The fourth-order valence-electron chi connectivity index (χ4n) is 0.914. The summed E-state index contributed by atoms with van der Waals surface area (Å²) < 4.78 is 9.22. The zero-order valence-electron chi connectivity index (χ0n) is 8.92. The van der Waals surface area contributed by atoms with E-state index in [0.29, 0.717) is 0 Å². The Kier molecular flexibility index (Phi) is 8.10. The second-order valence-corrected chi connectivity index (χ2v) is 2.88. The van der Waals surface area contributed by atoms with Gasteiger partial charge in [-0.2, -0.15) is 0 Å². The molecule has 2 N–H and O–H groups in total. The van der Waals surface area contributed by atoms with Gasteiger partial charge in [0, 0.05) is 0 Å². The molecule has 0 aromatic carbocycles. The van der Waals surface area contributed by atoms with Gasteiger partial charge in [0.25, 0.3) is 0 Å². The van der Waals surface area contributed by atoms with Gasteiger partial charge < -0.3 is 19.7 Å². The molecule has 0 aliphatic carbocycles. The van der Waals surface area contributed by atoms with Crippen LogP contribution in [-0.4, -0.2) is 48.6 Å². The van der Waals surface area contributed by atoms with Crippen LogP contribution in [-0.2, 0) is 19.1 Å². The van der Waals surface area contributed by atoms with Gasteiger partial charge in [0.15, 0.2) is 0 Å². The van der Waals surface area contributed by atoms with Crippen molar-refractivity contribution >= 4 is 11.9 Å². The van der Waals surface area contributed by atoms with Crippen molar-refractivity contribution in [2.75, 3.05) is 26.4 Å². The average molecular weight is 232 g/mol. The van der Waals surface area contributed by atoms with Gasteiger partial charge >= 0.3 is 11.9 Å². The minimum Gasteiger partial charge on any atom is -0.463 e. The first-order chi connectivity index (χ1) is 7.65. The van der Waals surface area contributed by atoms with E-state index >= 15 is 0 Å². The van der Waals surface area contributed by atoms with Crippen molar-refractivity contribution in [3.63, 3.8) is 0 Å². The fourth-order valence-corrected chi connectivity index (χ4v) is 0.914. The Morgan fingerprint density at radius 3 is 2.25 bits per heavy atom. The maximum absolute atomic E-state index is 11.3. The highest BCUT2D eigenvalue weighted by atomic mass is 16.5. The minimum atomic E-state index is -0.794. The summed E-state index contributed by atoms with van der Waals surface area (Å²) in [7, 11) is 0. The van der Waals surface area contributed by atoms with Crippen molar-refractivity contribution in [1.29, 1.82) is 0 Å². The molecule has 6 nitrogen and oxygen atoms in total. The van der Waals surface area contributed by atoms with Crippen molar-refractivity contribution in [3.8, 4) is 0 Å². The number of aliphatic hydroxyl groups is 2. The second kappa shape index (κ2) is 8.87. The Balaban J connectivity index is 4.03. The maximum Gasteiger partial charge on any atom is 0.313 e. The van der Waals surface area contributed by atoms with Crippen LogP contribution < -0.4 is 0 Å². The Bertz CT molecular complexity index is 237. The molecule has 0 heterocycles. The highest BCUT2D eigenvalue weighted by Crippen LogP contribution is 2.08. The number of esters is 2. The molecule has 0 aromatic heterocycles. The van der Waals surface area contributed by atoms with E-state index in [2.05, 4.69) is 16.1 Å². The summed E-state index contributed by atoms with van der Waals surface area (Å²) in [6, 6.07) is 0. The van der Waals surface area contributed by atoms with Crippen molar-refractivity contribution in [3.05, 3.63) is 12.7 Å².